The van der Waals surface area contributed by atoms with Gasteiger partial charge in [-0.05, 0) is 41.5 Å². The van der Waals surface area contributed by atoms with E-state index in [0.29, 0.717) is 10.7 Å². The third-order valence-corrected chi connectivity index (χ3v) is 8.03. The number of aliphatic imine (C=N–C) groups is 1. The average molecular weight is 581 g/mol. The van der Waals surface area contributed by atoms with Crippen molar-refractivity contribution in [1.29, 1.82) is 0 Å². The molecule has 0 aliphatic carbocycles. The summed E-state index contributed by atoms with van der Waals surface area (Å²) >= 11 is 12.1. The number of primary sulfonamides is 1. The van der Waals surface area contributed by atoms with Gasteiger partial charge < -0.3 is 0 Å². The van der Waals surface area contributed by atoms with Crippen molar-refractivity contribution in [3.05, 3.63) is 100 Å². The molecule has 0 aromatic heterocycles. The van der Waals surface area contributed by atoms with Crippen molar-refractivity contribution in [3.63, 3.8) is 0 Å². The van der Waals surface area contributed by atoms with Crippen LogP contribution >= 0.6 is 23.2 Å². The van der Waals surface area contributed by atoms with Gasteiger partial charge in [-0.2, -0.15) is 5.10 Å². The molecule has 13 heteroatoms. The minimum absolute atomic E-state index is 0.0835. The number of guanidine groups is 1. The lowest BCUT2D eigenvalue weighted by atomic mass is 9.91. The Morgan fingerprint density at radius 3 is 2.32 bits per heavy atom. The van der Waals surface area contributed by atoms with Crippen LogP contribution in [0.15, 0.2) is 93.9 Å². The fourth-order valence-corrected chi connectivity index (χ4v) is 5.52. The molecule has 0 bridgehead atoms. The van der Waals surface area contributed by atoms with Crippen LogP contribution in [0, 0.1) is 0 Å². The zero-order valence-electron chi connectivity index (χ0n) is 19.3. The first-order chi connectivity index (χ1) is 17.5. The third kappa shape index (κ3) is 7.08. The minimum atomic E-state index is -4.13. The molecule has 37 heavy (non-hydrogen) atoms. The predicted molar refractivity (Wildman–Crippen MR) is 146 cm³/mol. The maximum Gasteiger partial charge on any atom is 0.264 e. The molecule has 3 aromatic carbocycles. The summed E-state index contributed by atoms with van der Waals surface area (Å²) in [5.41, 5.74) is 2.42. The van der Waals surface area contributed by atoms with Gasteiger partial charge in [0.25, 0.3) is 10.0 Å². The zero-order valence-corrected chi connectivity index (χ0v) is 22.5. The van der Waals surface area contributed by atoms with Crippen LogP contribution < -0.4 is 9.86 Å². The second-order valence-electron chi connectivity index (χ2n) is 8.17. The highest BCUT2D eigenvalue weighted by Gasteiger charge is 2.33. The van der Waals surface area contributed by atoms with Crippen molar-refractivity contribution in [2.45, 2.75) is 10.8 Å². The quantitative estimate of drug-likeness (QED) is 0.326. The Hall–Kier alpha value is -2.96. The number of nitrogens with zero attached hydrogens (tertiary/aromatic N) is 3. The first kappa shape index (κ1) is 27.1. The normalized spacial score (nSPS) is 16.5. The van der Waals surface area contributed by atoms with Crippen molar-refractivity contribution in [2.24, 2.45) is 15.2 Å². The number of sulfonamides is 2. The van der Waals surface area contributed by atoms with Gasteiger partial charge in [0.2, 0.25) is 16.0 Å². The monoisotopic (exact) mass is 579 g/mol. The van der Waals surface area contributed by atoms with Crippen LogP contribution in [0.2, 0.25) is 10.0 Å². The standard InChI is InChI=1S/C24H23Cl2N5O4S2/c25-19-11-9-18(10-12-19)23-22(17-5-2-1-3-6-17)16-31(29-23)24(28-13-14-36(27,32)33)30-37(34,35)21-8-4-7-20(26)15-21/h1-12,15,22H,13-14,16H2,(H,28,30)(H2,27,32,33)/t22-/m0/s1. The molecule has 1 aliphatic rings. The molecule has 1 atom stereocenters. The lowest BCUT2D eigenvalue weighted by molar-refractivity contribution is 0.461. The van der Waals surface area contributed by atoms with Crippen LogP contribution in [-0.2, 0) is 20.0 Å². The molecule has 0 saturated heterocycles. The average Bonchev–Trinajstić information content (AvgIpc) is 3.29. The summed E-state index contributed by atoms with van der Waals surface area (Å²) in [6.45, 7) is -0.0290. The molecule has 1 heterocycles. The summed E-state index contributed by atoms with van der Waals surface area (Å²) in [4.78, 5) is 4.14. The highest BCUT2D eigenvalue weighted by molar-refractivity contribution is 7.90. The summed E-state index contributed by atoms with van der Waals surface area (Å²) in [5, 5.41) is 12.0. The van der Waals surface area contributed by atoms with Gasteiger partial charge in [0, 0.05) is 16.0 Å². The molecular formula is C24H23Cl2N5O4S2. The lowest BCUT2D eigenvalue weighted by Gasteiger charge is -2.20. The Morgan fingerprint density at radius 1 is 0.973 bits per heavy atom. The van der Waals surface area contributed by atoms with Crippen LogP contribution in [0.25, 0.3) is 0 Å². The van der Waals surface area contributed by atoms with Crippen molar-refractivity contribution < 1.29 is 16.8 Å². The minimum Gasteiger partial charge on any atom is -0.250 e. The number of nitrogens with two attached hydrogens (primary N) is 1. The Kier molecular flexibility index (Phi) is 8.20. The van der Waals surface area contributed by atoms with Gasteiger partial charge in [0.05, 0.1) is 29.4 Å². The fourth-order valence-electron chi connectivity index (χ4n) is 3.72. The van der Waals surface area contributed by atoms with E-state index in [9.17, 15) is 16.8 Å². The number of hydrogen-bond donors (Lipinski definition) is 2. The van der Waals surface area contributed by atoms with Crippen LogP contribution in [0.4, 0.5) is 0 Å². The van der Waals surface area contributed by atoms with E-state index in [0.717, 1.165) is 11.1 Å². The Labute approximate surface area is 225 Å². The molecule has 1 aliphatic heterocycles. The summed E-state index contributed by atoms with van der Waals surface area (Å²) in [6.07, 6.45) is 0. The summed E-state index contributed by atoms with van der Waals surface area (Å²) in [7, 11) is -7.95. The molecule has 3 N–H and O–H groups in total. The molecule has 194 valence electrons. The van der Waals surface area contributed by atoms with Crippen molar-refractivity contribution in [3.8, 4) is 0 Å². The van der Waals surface area contributed by atoms with Gasteiger partial charge in [-0.15, -0.1) is 0 Å². The number of halogens is 2. The van der Waals surface area contributed by atoms with Gasteiger partial charge in [-0.1, -0.05) is 71.7 Å². The second-order valence-corrected chi connectivity index (χ2v) is 12.5. The summed E-state index contributed by atoms with van der Waals surface area (Å²) in [6, 6.07) is 22.5. The molecule has 0 radical (unpaired) electrons. The van der Waals surface area contributed by atoms with Crippen LogP contribution in [0.1, 0.15) is 17.0 Å². The topological polar surface area (TPSA) is 134 Å². The first-order valence-corrected chi connectivity index (χ1v) is 15.0. The predicted octanol–water partition coefficient (Wildman–Crippen LogP) is 3.42. The molecule has 3 aromatic rings. The van der Waals surface area contributed by atoms with E-state index in [-0.39, 0.29) is 34.9 Å². The number of rotatable bonds is 7. The van der Waals surface area contributed by atoms with E-state index in [4.69, 9.17) is 33.4 Å². The van der Waals surface area contributed by atoms with E-state index >= 15 is 0 Å². The molecular weight excluding hydrogens is 557 g/mol. The molecule has 4 rings (SSSR count). The first-order valence-electron chi connectivity index (χ1n) is 11.0. The molecule has 0 fully saturated rings. The highest BCUT2D eigenvalue weighted by atomic mass is 35.5. The smallest absolute Gasteiger partial charge is 0.250 e. The molecule has 9 nitrogen and oxygen atoms in total. The van der Waals surface area contributed by atoms with E-state index in [1.165, 1.54) is 23.2 Å². The van der Waals surface area contributed by atoms with Crippen molar-refractivity contribution in [1.82, 2.24) is 9.73 Å². The third-order valence-electron chi connectivity index (χ3n) is 5.47. The van der Waals surface area contributed by atoms with Crippen LogP contribution in [0.3, 0.4) is 0 Å². The van der Waals surface area contributed by atoms with E-state index < -0.39 is 25.8 Å². The van der Waals surface area contributed by atoms with Crippen LogP contribution in [0.5, 0.6) is 0 Å². The Bertz CT molecular complexity index is 1550. The molecule has 0 spiro atoms. The summed E-state index contributed by atoms with van der Waals surface area (Å²) in [5.74, 6) is -0.853. The Balaban J connectivity index is 1.74. The maximum absolute atomic E-state index is 13.2. The molecule has 0 amide bonds. The number of nitrogens with one attached hydrogen (secondary N) is 1. The zero-order chi connectivity index (χ0) is 26.6. The Morgan fingerprint density at radius 2 is 1.68 bits per heavy atom. The fraction of sp³-hybridized carbons (Fsp3) is 0.167. The van der Waals surface area contributed by atoms with Crippen molar-refractivity contribution >= 4 is 54.9 Å². The molecule has 0 saturated carbocycles. The largest absolute Gasteiger partial charge is 0.264 e. The van der Waals surface area contributed by atoms with Gasteiger partial charge >= 0.3 is 0 Å². The van der Waals surface area contributed by atoms with Crippen LogP contribution in [-0.4, -0.2) is 52.4 Å². The second kappa shape index (κ2) is 11.2. The van der Waals surface area contributed by atoms with E-state index in [2.05, 4.69) is 9.71 Å². The van der Waals surface area contributed by atoms with Gasteiger partial charge in [0.1, 0.15) is 0 Å². The highest BCUT2D eigenvalue weighted by Crippen LogP contribution is 2.29. The van der Waals surface area contributed by atoms with Gasteiger partial charge in [-0.3, -0.25) is 0 Å². The maximum atomic E-state index is 13.2. The summed E-state index contributed by atoms with van der Waals surface area (Å²) < 4.78 is 51.7. The van der Waals surface area contributed by atoms with E-state index in [1.54, 1.807) is 18.2 Å². The van der Waals surface area contributed by atoms with Gasteiger partial charge in [-0.25, -0.2) is 36.7 Å². The number of hydrogen-bond acceptors (Lipinski definition) is 6. The SMILES string of the molecule is NS(=O)(=O)CCN=C(NS(=O)(=O)c1cccc(Cl)c1)N1C[C@@H](c2ccccc2)C(c2ccc(Cl)cc2)=N1. The number of benzene rings is 3. The molecule has 0 unspecified atom stereocenters. The van der Waals surface area contributed by atoms with E-state index in [1.807, 2.05) is 42.5 Å². The van der Waals surface area contributed by atoms with Gasteiger partial charge in [0.15, 0.2) is 0 Å². The van der Waals surface area contributed by atoms with Crippen molar-refractivity contribution in [2.75, 3.05) is 18.8 Å². The lowest BCUT2D eigenvalue weighted by Crippen LogP contribution is -2.41. The number of hydrazone groups is 1.